The predicted octanol–water partition coefficient (Wildman–Crippen LogP) is 0.989. The van der Waals surface area contributed by atoms with E-state index in [1.165, 1.54) is 0 Å². The number of hydrogen-bond acceptors (Lipinski definition) is 2. The zero-order valence-electron chi connectivity index (χ0n) is 9.70. The highest BCUT2D eigenvalue weighted by Gasteiger charge is 2.27. The fourth-order valence-electron chi connectivity index (χ4n) is 1.24. The summed E-state index contributed by atoms with van der Waals surface area (Å²) in [6.45, 7) is 4.99. The number of carbonyl (C=O) groups excluding carboxylic acids is 2. The molecule has 2 amide bonds. The van der Waals surface area contributed by atoms with Crippen LogP contribution in [-0.2, 0) is 4.79 Å². The Hall–Kier alpha value is -1.84. The van der Waals surface area contributed by atoms with Gasteiger partial charge in [-0.05, 0) is 32.4 Å². The molecule has 1 rings (SSSR count). The maximum atomic E-state index is 11.9. The van der Waals surface area contributed by atoms with Gasteiger partial charge in [-0.2, -0.15) is 0 Å². The first-order valence-corrected chi connectivity index (χ1v) is 5.02. The Kier molecular flexibility index (Phi) is 3.32. The summed E-state index contributed by atoms with van der Waals surface area (Å²) in [4.78, 5) is 22.9. The van der Waals surface area contributed by atoms with Crippen LogP contribution in [0.3, 0.4) is 0 Å². The first-order valence-electron chi connectivity index (χ1n) is 5.02. The number of carbonyl (C=O) groups is 2. The Balaban J connectivity index is 2.89. The van der Waals surface area contributed by atoms with E-state index in [4.69, 9.17) is 5.73 Å². The van der Waals surface area contributed by atoms with Crippen LogP contribution in [0, 0.1) is 6.92 Å². The van der Waals surface area contributed by atoms with Crippen molar-refractivity contribution in [2.45, 2.75) is 26.3 Å². The minimum Gasteiger partial charge on any atom is -0.368 e. The third kappa shape index (κ3) is 2.59. The molecule has 0 unspecified atom stereocenters. The van der Waals surface area contributed by atoms with Gasteiger partial charge in [-0.1, -0.05) is 18.2 Å². The molecule has 1 aromatic rings. The highest BCUT2D eigenvalue weighted by molar-refractivity contribution is 5.99. The molecule has 0 radical (unpaired) electrons. The van der Waals surface area contributed by atoms with Gasteiger partial charge < -0.3 is 11.1 Å². The van der Waals surface area contributed by atoms with Crippen LogP contribution >= 0.6 is 0 Å². The summed E-state index contributed by atoms with van der Waals surface area (Å²) < 4.78 is 0. The van der Waals surface area contributed by atoms with Crippen molar-refractivity contribution in [2.75, 3.05) is 0 Å². The molecule has 86 valence electrons. The number of benzene rings is 1. The maximum absolute atomic E-state index is 11.9. The maximum Gasteiger partial charge on any atom is 0.252 e. The van der Waals surface area contributed by atoms with Crippen LogP contribution in [0.4, 0.5) is 0 Å². The second-order valence-corrected chi connectivity index (χ2v) is 4.26. The summed E-state index contributed by atoms with van der Waals surface area (Å²) >= 11 is 0. The Morgan fingerprint density at radius 1 is 1.25 bits per heavy atom. The quantitative estimate of drug-likeness (QED) is 0.797. The fourth-order valence-corrected chi connectivity index (χ4v) is 1.24. The smallest absolute Gasteiger partial charge is 0.252 e. The van der Waals surface area contributed by atoms with Crippen LogP contribution in [0.25, 0.3) is 0 Å². The molecule has 0 aliphatic rings. The van der Waals surface area contributed by atoms with Gasteiger partial charge in [0.05, 0.1) is 0 Å². The standard InChI is InChI=1S/C12H16N2O2/c1-8-6-4-5-7-9(8)10(15)14-12(2,3)11(13)16/h4-7H,1-3H3,(H2,13,16)(H,14,15). The third-order valence-electron chi connectivity index (χ3n) is 2.43. The molecule has 4 nitrogen and oxygen atoms in total. The van der Waals surface area contributed by atoms with Crippen LogP contribution in [0.5, 0.6) is 0 Å². The zero-order chi connectivity index (χ0) is 12.3. The SMILES string of the molecule is Cc1ccccc1C(=O)NC(C)(C)C(N)=O. The Labute approximate surface area is 94.8 Å². The second kappa shape index (κ2) is 4.35. The lowest BCUT2D eigenvalue weighted by Crippen LogP contribution is -2.53. The Morgan fingerprint density at radius 2 is 1.81 bits per heavy atom. The number of hydrogen-bond donors (Lipinski definition) is 2. The van der Waals surface area contributed by atoms with Crippen molar-refractivity contribution in [3.05, 3.63) is 35.4 Å². The number of nitrogens with one attached hydrogen (secondary N) is 1. The minimum absolute atomic E-state index is 0.290. The first-order chi connectivity index (χ1) is 7.34. The van der Waals surface area contributed by atoms with E-state index in [0.29, 0.717) is 5.56 Å². The van der Waals surface area contributed by atoms with Gasteiger partial charge in [-0.15, -0.1) is 0 Å². The molecule has 3 N–H and O–H groups in total. The van der Waals surface area contributed by atoms with Gasteiger partial charge in [0.1, 0.15) is 5.54 Å². The molecule has 0 heterocycles. The van der Waals surface area contributed by atoms with E-state index in [9.17, 15) is 9.59 Å². The number of nitrogens with two attached hydrogens (primary N) is 1. The van der Waals surface area contributed by atoms with Gasteiger partial charge in [-0.3, -0.25) is 9.59 Å². The average molecular weight is 220 g/mol. The van der Waals surface area contributed by atoms with E-state index < -0.39 is 11.4 Å². The highest BCUT2D eigenvalue weighted by Crippen LogP contribution is 2.09. The van der Waals surface area contributed by atoms with Crippen molar-refractivity contribution in [2.24, 2.45) is 5.73 Å². The van der Waals surface area contributed by atoms with Crippen molar-refractivity contribution in [3.63, 3.8) is 0 Å². The molecule has 0 aliphatic heterocycles. The molecule has 0 saturated heterocycles. The van der Waals surface area contributed by atoms with Gasteiger partial charge in [0, 0.05) is 5.56 Å². The number of amides is 2. The monoisotopic (exact) mass is 220 g/mol. The van der Waals surface area contributed by atoms with Crippen molar-refractivity contribution in [1.82, 2.24) is 5.32 Å². The molecule has 0 aromatic heterocycles. The number of primary amides is 1. The molecule has 0 bridgehead atoms. The molecule has 0 fully saturated rings. The van der Waals surface area contributed by atoms with Gasteiger partial charge in [0.25, 0.3) is 5.91 Å². The molecule has 16 heavy (non-hydrogen) atoms. The third-order valence-corrected chi connectivity index (χ3v) is 2.43. The lowest BCUT2D eigenvalue weighted by atomic mass is 10.0. The normalized spacial score (nSPS) is 10.9. The second-order valence-electron chi connectivity index (χ2n) is 4.26. The van der Waals surface area contributed by atoms with Crippen LogP contribution in [0.1, 0.15) is 29.8 Å². The Morgan fingerprint density at radius 3 is 2.31 bits per heavy atom. The highest BCUT2D eigenvalue weighted by atomic mass is 16.2. The largest absolute Gasteiger partial charge is 0.368 e. The fraction of sp³-hybridized carbons (Fsp3) is 0.333. The summed E-state index contributed by atoms with van der Waals surface area (Å²) in [5.74, 6) is -0.851. The van der Waals surface area contributed by atoms with Crippen molar-refractivity contribution in [3.8, 4) is 0 Å². The molecular formula is C12H16N2O2. The van der Waals surface area contributed by atoms with Crippen LogP contribution in [0.15, 0.2) is 24.3 Å². The lowest BCUT2D eigenvalue weighted by molar-refractivity contribution is -0.122. The Bertz CT molecular complexity index is 425. The van der Waals surface area contributed by atoms with Crippen molar-refractivity contribution in [1.29, 1.82) is 0 Å². The van der Waals surface area contributed by atoms with E-state index in [-0.39, 0.29) is 5.91 Å². The first kappa shape index (κ1) is 12.2. The summed E-state index contributed by atoms with van der Waals surface area (Å²) in [6.07, 6.45) is 0. The molecule has 4 heteroatoms. The summed E-state index contributed by atoms with van der Waals surface area (Å²) in [7, 11) is 0. The van der Waals surface area contributed by atoms with Gasteiger partial charge in [0.15, 0.2) is 0 Å². The van der Waals surface area contributed by atoms with Crippen LogP contribution < -0.4 is 11.1 Å². The van der Waals surface area contributed by atoms with E-state index in [2.05, 4.69) is 5.32 Å². The average Bonchev–Trinajstić information content (AvgIpc) is 2.17. The predicted molar refractivity (Wildman–Crippen MR) is 61.9 cm³/mol. The number of aryl methyl sites for hydroxylation is 1. The van der Waals surface area contributed by atoms with Crippen molar-refractivity contribution >= 4 is 11.8 Å². The summed E-state index contributed by atoms with van der Waals surface area (Å²) in [6, 6.07) is 7.18. The molecule has 0 spiro atoms. The van der Waals surface area contributed by atoms with Crippen LogP contribution in [-0.4, -0.2) is 17.4 Å². The number of rotatable bonds is 3. The zero-order valence-corrected chi connectivity index (χ0v) is 9.70. The van der Waals surface area contributed by atoms with Gasteiger partial charge in [-0.25, -0.2) is 0 Å². The lowest BCUT2D eigenvalue weighted by Gasteiger charge is -2.22. The molecule has 0 atom stereocenters. The van der Waals surface area contributed by atoms with Crippen molar-refractivity contribution < 1.29 is 9.59 Å². The molecule has 0 aliphatic carbocycles. The topological polar surface area (TPSA) is 72.2 Å². The molecule has 1 aromatic carbocycles. The van der Waals surface area contributed by atoms with E-state index in [1.807, 2.05) is 19.1 Å². The van der Waals surface area contributed by atoms with E-state index >= 15 is 0 Å². The molecule has 0 saturated carbocycles. The summed E-state index contributed by atoms with van der Waals surface area (Å²) in [5.41, 5.74) is 5.55. The van der Waals surface area contributed by atoms with Crippen LogP contribution in [0.2, 0.25) is 0 Å². The molecular weight excluding hydrogens is 204 g/mol. The minimum atomic E-state index is -1.04. The van der Waals surface area contributed by atoms with Gasteiger partial charge in [0.2, 0.25) is 5.91 Å². The van der Waals surface area contributed by atoms with E-state index in [0.717, 1.165) is 5.56 Å². The van der Waals surface area contributed by atoms with E-state index in [1.54, 1.807) is 26.0 Å². The summed E-state index contributed by atoms with van der Waals surface area (Å²) in [5, 5.41) is 2.60. The van der Waals surface area contributed by atoms with Gasteiger partial charge >= 0.3 is 0 Å².